The van der Waals surface area contributed by atoms with Crippen LogP contribution in [0.3, 0.4) is 0 Å². The van der Waals surface area contributed by atoms with Gasteiger partial charge in [-0.15, -0.1) is 4.36 Å². The molecule has 0 saturated carbocycles. The largest absolute Gasteiger partial charge is 0.302 e. The van der Waals surface area contributed by atoms with Crippen molar-refractivity contribution in [1.29, 1.82) is 0 Å². The Morgan fingerprint density at radius 3 is 2.77 bits per heavy atom. The zero-order valence-corrected chi connectivity index (χ0v) is 18.7. The van der Waals surface area contributed by atoms with Crippen LogP contribution in [0.2, 0.25) is 0 Å². The lowest BCUT2D eigenvalue weighted by Gasteiger charge is -2.31. The molecule has 0 spiro atoms. The molecule has 1 fully saturated rings. The smallest absolute Gasteiger partial charge is 0.259 e. The third-order valence-corrected chi connectivity index (χ3v) is 8.25. The molecule has 2 atom stereocenters. The Hall–Kier alpha value is -2.16. The van der Waals surface area contributed by atoms with E-state index in [-0.39, 0.29) is 17.5 Å². The third kappa shape index (κ3) is 4.71. The Labute approximate surface area is 183 Å². The highest BCUT2D eigenvalue weighted by Gasteiger charge is 2.28. The summed E-state index contributed by atoms with van der Waals surface area (Å²) in [5.74, 6) is -0.742. The SMILES string of the molecule is CCN1CCCC(S(N)(=O)=NC(=O)Cc2c(-c3ccncc3)cc(F)c3c2CCC3)C1. The van der Waals surface area contributed by atoms with Crippen molar-refractivity contribution in [3.05, 3.63) is 53.1 Å². The molecule has 8 heteroatoms. The molecule has 0 radical (unpaired) electrons. The van der Waals surface area contributed by atoms with E-state index in [2.05, 4.69) is 21.2 Å². The molecular formula is C23H29FN4O2S. The maximum absolute atomic E-state index is 14.7. The maximum Gasteiger partial charge on any atom is 0.259 e. The van der Waals surface area contributed by atoms with Crippen molar-refractivity contribution < 1.29 is 13.4 Å². The molecule has 1 aliphatic heterocycles. The molecule has 1 saturated heterocycles. The highest BCUT2D eigenvalue weighted by molar-refractivity contribution is 7.92. The topological polar surface area (TPSA) is 88.6 Å². The molecule has 166 valence electrons. The average molecular weight is 445 g/mol. The molecule has 2 aromatic rings. The van der Waals surface area contributed by atoms with Crippen LogP contribution >= 0.6 is 0 Å². The third-order valence-electron chi connectivity index (χ3n) is 6.42. The first kappa shape index (κ1) is 22.0. The van der Waals surface area contributed by atoms with Crippen molar-refractivity contribution >= 4 is 15.8 Å². The number of rotatable bonds is 5. The molecule has 0 bridgehead atoms. The Kier molecular flexibility index (Phi) is 6.50. The van der Waals surface area contributed by atoms with E-state index in [1.54, 1.807) is 24.5 Å². The molecule has 4 rings (SSSR count). The Morgan fingerprint density at radius 2 is 2.03 bits per heavy atom. The van der Waals surface area contributed by atoms with Crippen molar-refractivity contribution in [1.82, 2.24) is 9.88 Å². The molecule has 2 unspecified atom stereocenters. The number of fused-ring (bicyclic) bond motifs is 1. The minimum Gasteiger partial charge on any atom is -0.302 e. The van der Waals surface area contributed by atoms with Gasteiger partial charge in [0.2, 0.25) is 0 Å². The van der Waals surface area contributed by atoms with E-state index < -0.39 is 15.8 Å². The first-order chi connectivity index (χ1) is 14.9. The quantitative estimate of drug-likeness (QED) is 0.767. The predicted molar refractivity (Wildman–Crippen MR) is 120 cm³/mol. The van der Waals surface area contributed by atoms with Gasteiger partial charge in [-0.1, -0.05) is 6.92 Å². The predicted octanol–water partition coefficient (Wildman–Crippen LogP) is 3.27. The van der Waals surface area contributed by atoms with E-state index in [1.165, 1.54) is 6.07 Å². The van der Waals surface area contributed by atoms with Gasteiger partial charge in [0.1, 0.15) is 15.7 Å². The number of pyridine rings is 1. The highest BCUT2D eigenvalue weighted by Crippen LogP contribution is 2.36. The summed E-state index contributed by atoms with van der Waals surface area (Å²) in [6, 6.07) is 5.10. The first-order valence-corrected chi connectivity index (χ1v) is 12.6. The van der Waals surface area contributed by atoms with Gasteiger partial charge >= 0.3 is 0 Å². The average Bonchev–Trinajstić information content (AvgIpc) is 3.27. The van der Waals surface area contributed by atoms with Crippen LogP contribution in [0, 0.1) is 5.82 Å². The zero-order chi connectivity index (χ0) is 22.0. The highest BCUT2D eigenvalue weighted by atomic mass is 32.2. The number of hydrogen-bond donors (Lipinski definition) is 1. The van der Waals surface area contributed by atoms with Crippen molar-refractivity contribution in [2.75, 3.05) is 19.6 Å². The van der Waals surface area contributed by atoms with Gasteiger partial charge in [0.15, 0.2) is 0 Å². The van der Waals surface area contributed by atoms with Gasteiger partial charge in [-0.2, -0.15) is 0 Å². The summed E-state index contributed by atoms with van der Waals surface area (Å²) < 4.78 is 31.9. The second kappa shape index (κ2) is 9.14. The monoisotopic (exact) mass is 444 g/mol. The van der Waals surface area contributed by atoms with Gasteiger partial charge < -0.3 is 4.90 Å². The van der Waals surface area contributed by atoms with Gasteiger partial charge in [-0.05, 0) is 91.2 Å². The fourth-order valence-corrected chi connectivity index (χ4v) is 6.25. The second-order valence-corrected chi connectivity index (χ2v) is 10.4. The van der Waals surface area contributed by atoms with E-state index in [4.69, 9.17) is 5.14 Å². The number of amides is 1. The van der Waals surface area contributed by atoms with Gasteiger partial charge in [0.25, 0.3) is 5.91 Å². The molecule has 2 N–H and O–H groups in total. The van der Waals surface area contributed by atoms with Crippen LogP contribution in [-0.4, -0.2) is 44.9 Å². The molecule has 2 aliphatic rings. The van der Waals surface area contributed by atoms with Crippen LogP contribution in [0.25, 0.3) is 11.1 Å². The zero-order valence-electron chi connectivity index (χ0n) is 17.8. The van der Waals surface area contributed by atoms with E-state index in [9.17, 15) is 13.4 Å². The number of carbonyl (C=O) groups is 1. The number of nitrogens with zero attached hydrogens (tertiary/aromatic N) is 3. The summed E-state index contributed by atoms with van der Waals surface area (Å²) in [5.41, 5.74) is 3.80. The minimum absolute atomic E-state index is 0.0291. The molecule has 31 heavy (non-hydrogen) atoms. The lowest BCUT2D eigenvalue weighted by atomic mass is 9.91. The van der Waals surface area contributed by atoms with Crippen LogP contribution < -0.4 is 5.14 Å². The van der Waals surface area contributed by atoms with Crippen molar-refractivity contribution in [3.8, 4) is 11.1 Å². The number of likely N-dealkylation sites (tertiary alicyclic amines) is 1. The van der Waals surface area contributed by atoms with Crippen molar-refractivity contribution in [2.45, 2.75) is 50.7 Å². The molecule has 1 aliphatic carbocycles. The maximum atomic E-state index is 14.7. The van der Waals surface area contributed by atoms with Gasteiger partial charge in [-0.3, -0.25) is 9.78 Å². The van der Waals surface area contributed by atoms with Crippen molar-refractivity contribution in [3.63, 3.8) is 0 Å². The molecule has 1 aromatic heterocycles. The Bertz CT molecular complexity index is 1100. The molecule has 1 aromatic carbocycles. The molecule has 1 amide bonds. The van der Waals surface area contributed by atoms with Crippen LogP contribution in [0.4, 0.5) is 4.39 Å². The number of carbonyl (C=O) groups excluding carboxylic acids is 1. The summed E-state index contributed by atoms with van der Waals surface area (Å²) >= 11 is 0. The molecule has 2 heterocycles. The fourth-order valence-electron chi connectivity index (χ4n) is 4.79. The number of piperidine rings is 1. The van der Waals surface area contributed by atoms with Crippen LogP contribution in [0.1, 0.15) is 42.9 Å². The van der Waals surface area contributed by atoms with Gasteiger partial charge in [0, 0.05) is 18.9 Å². The Balaban J connectivity index is 1.67. The van der Waals surface area contributed by atoms with Crippen LogP contribution in [-0.2, 0) is 34.0 Å². The van der Waals surface area contributed by atoms with Crippen LogP contribution in [0.15, 0.2) is 35.0 Å². The summed E-state index contributed by atoms with van der Waals surface area (Å²) in [4.78, 5) is 19.2. The van der Waals surface area contributed by atoms with Gasteiger partial charge in [-0.25, -0.2) is 13.7 Å². The number of halogens is 1. The van der Waals surface area contributed by atoms with E-state index >= 15 is 0 Å². The second-order valence-electron chi connectivity index (χ2n) is 8.36. The minimum atomic E-state index is -3.15. The fraction of sp³-hybridized carbons (Fsp3) is 0.478. The number of aromatic nitrogens is 1. The first-order valence-electron chi connectivity index (χ1n) is 10.9. The summed E-state index contributed by atoms with van der Waals surface area (Å²) in [5, 5.41) is 5.78. The number of hydrogen-bond acceptors (Lipinski definition) is 4. The molecule has 6 nitrogen and oxygen atoms in total. The summed E-state index contributed by atoms with van der Waals surface area (Å²) in [6.07, 6.45) is 7.10. The number of nitrogens with two attached hydrogens (primary N) is 1. The number of benzene rings is 1. The van der Waals surface area contributed by atoms with E-state index in [0.717, 1.165) is 49.0 Å². The summed E-state index contributed by atoms with van der Waals surface area (Å²) in [7, 11) is -3.15. The van der Waals surface area contributed by atoms with E-state index in [1.807, 2.05) is 0 Å². The summed E-state index contributed by atoms with van der Waals surface area (Å²) in [6.45, 7) is 4.46. The molecular weight excluding hydrogens is 415 g/mol. The lowest BCUT2D eigenvalue weighted by molar-refractivity contribution is -0.117. The van der Waals surface area contributed by atoms with Crippen LogP contribution in [0.5, 0.6) is 0 Å². The Morgan fingerprint density at radius 1 is 1.29 bits per heavy atom. The van der Waals surface area contributed by atoms with E-state index in [0.29, 0.717) is 30.5 Å². The van der Waals surface area contributed by atoms with Crippen molar-refractivity contribution in [2.24, 2.45) is 9.50 Å². The normalized spacial score (nSPS) is 20.8. The van der Waals surface area contributed by atoms with Gasteiger partial charge in [0.05, 0.1) is 11.7 Å². The standard InChI is InChI=1S/C23H29FN4O2S/c1-2-28-12-4-5-17(15-28)31(25,30)27-23(29)14-21-18-6-3-7-19(18)22(24)13-20(21)16-8-10-26-11-9-16/h8-11,13,17H,2-7,12,14-15H2,1H3,(H2,25,27,29,30). The lowest BCUT2D eigenvalue weighted by Crippen LogP contribution is -2.44.